The summed E-state index contributed by atoms with van der Waals surface area (Å²) >= 11 is 12.9. The lowest BCUT2D eigenvalue weighted by molar-refractivity contribution is -0.111. The van der Waals surface area contributed by atoms with Crippen molar-refractivity contribution in [2.24, 2.45) is 0 Å². The van der Waals surface area contributed by atoms with E-state index in [1.165, 1.54) is 26.4 Å². The zero-order valence-electron chi connectivity index (χ0n) is 24.2. The Kier molecular flexibility index (Phi) is 9.25. The van der Waals surface area contributed by atoms with Gasteiger partial charge in [-0.05, 0) is 42.4 Å². The number of piperazine rings is 1. The number of hydrogen-bond acceptors (Lipinski definition) is 8. The Morgan fingerprint density at radius 2 is 1.74 bits per heavy atom. The van der Waals surface area contributed by atoms with Crippen LogP contribution in [0.1, 0.15) is 34.3 Å². The number of carbonyl (C=O) groups excluding carboxylic acids is 2. The summed E-state index contributed by atoms with van der Waals surface area (Å²) in [5.41, 5.74) is 3.81. The standard InChI is InChI=1S/C32H32Cl2N4O5/c1-5-28(39)36-23-16-22(38-11-9-37(6-2)10-12-38)8-7-19(23)13-21-14-20-15-26(43-27(20)18-35-21)32(40)29-30(33)24(41-3)17-25(42-4)31(29)34/h5,7-8,14-18H,1,6,9-13H2,2-4H3,(H,36,39). The molecule has 5 rings (SSSR count). The number of pyridine rings is 1. The molecule has 9 nitrogen and oxygen atoms in total. The van der Waals surface area contributed by atoms with Gasteiger partial charge in [0.2, 0.25) is 11.7 Å². The molecule has 4 aromatic rings. The van der Waals surface area contributed by atoms with E-state index >= 15 is 0 Å². The maximum Gasteiger partial charge on any atom is 0.247 e. The van der Waals surface area contributed by atoms with Gasteiger partial charge in [-0.1, -0.05) is 42.8 Å². The van der Waals surface area contributed by atoms with Crippen molar-refractivity contribution in [2.45, 2.75) is 13.3 Å². The lowest BCUT2D eigenvalue weighted by Crippen LogP contribution is -2.46. The Bertz CT molecular complexity index is 1670. The Labute approximate surface area is 260 Å². The largest absolute Gasteiger partial charge is 0.495 e. The number of halogens is 2. The smallest absolute Gasteiger partial charge is 0.247 e. The number of nitrogens with one attached hydrogen (secondary N) is 1. The number of aromatic nitrogens is 1. The van der Waals surface area contributed by atoms with Crippen LogP contribution in [0.5, 0.6) is 11.5 Å². The molecule has 224 valence electrons. The van der Waals surface area contributed by atoms with E-state index in [-0.39, 0.29) is 38.8 Å². The molecule has 2 aromatic heterocycles. The number of amides is 1. The average molecular weight is 624 g/mol. The fourth-order valence-electron chi connectivity index (χ4n) is 5.14. The van der Waals surface area contributed by atoms with Crippen molar-refractivity contribution in [3.63, 3.8) is 0 Å². The topological polar surface area (TPSA) is 97.1 Å². The van der Waals surface area contributed by atoms with Gasteiger partial charge in [-0.2, -0.15) is 0 Å². The predicted molar refractivity (Wildman–Crippen MR) is 169 cm³/mol. The van der Waals surface area contributed by atoms with Crippen molar-refractivity contribution in [3.05, 3.63) is 87.9 Å². The SMILES string of the molecule is C=CC(=O)Nc1cc(N2CCN(CC)CC2)ccc1Cc1cc2cc(C(=O)c3c(Cl)c(OC)cc(OC)c3Cl)oc2cn1. The number of carbonyl (C=O) groups is 2. The van der Waals surface area contributed by atoms with Crippen molar-refractivity contribution in [2.75, 3.05) is 57.2 Å². The van der Waals surface area contributed by atoms with Crippen LogP contribution < -0.4 is 19.7 Å². The molecule has 0 unspecified atom stereocenters. The third-order valence-electron chi connectivity index (χ3n) is 7.58. The van der Waals surface area contributed by atoms with Crippen LogP contribution in [0.15, 0.2) is 59.7 Å². The number of hydrogen-bond donors (Lipinski definition) is 1. The van der Waals surface area contributed by atoms with Crippen LogP contribution in [0.2, 0.25) is 10.0 Å². The maximum absolute atomic E-state index is 13.5. The summed E-state index contributed by atoms with van der Waals surface area (Å²) in [6.07, 6.45) is 3.26. The molecule has 1 N–H and O–H groups in total. The second kappa shape index (κ2) is 13.1. The van der Waals surface area contributed by atoms with Crippen LogP contribution in [0.4, 0.5) is 11.4 Å². The summed E-state index contributed by atoms with van der Waals surface area (Å²) in [7, 11) is 2.87. The number of ether oxygens (including phenoxy) is 2. The number of nitrogens with zero attached hydrogens (tertiary/aromatic N) is 3. The minimum Gasteiger partial charge on any atom is -0.495 e. The van der Waals surface area contributed by atoms with Crippen LogP contribution in [0.3, 0.4) is 0 Å². The molecule has 0 atom stereocenters. The van der Waals surface area contributed by atoms with Gasteiger partial charge < -0.3 is 29.0 Å². The second-order valence-corrected chi connectivity index (χ2v) is 10.8. The van der Waals surface area contributed by atoms with Gasteiger partial charge in [0.1, 0.15) is 11.5 Å². The lowest BCUT2D eigenvalue weighted by atomic mass is 10.0. The first kappa shape index (κ1) is 30.4. The predicted octanol–water partition coefficient (Wildman–Crippen LogP) is 6.24. The van der Waals surface area contributed by atoms with Gasteiger partial charge in [0, 0.05) is 61.1 Å². The summed E-state index contributed by atoms with van der Waals surface area (Å²) in [5, 5.41) is 3.75. The summed E-state index contributed by atoms with van der Waals surface area (Å²) in [5.74, 6) is -0.267. The second-order valence-electron chi connectivity index (χ2n) is 10.1. The van der Waals surface area contributed by atoms with E-state index in [0.717, 1.165) is 49.7 Å². The van der Waals surface area contributed by atoms with Gasteiger partial charge in [0.25, 0.3) is 0 Å². The minimum absolute atomic E-state index is 0.0190. The number of furan rings is 1. The van der Waals surface area contributed by atoms with Gasteiger partial charge in [0.15, 0.2) is 11.3 Å². The van der Waals surface area contributed by atoms with Crippen molar-refractivity contribution in [1.29, 1.82) is 0 Å². The highest BCUT2D eigenvalue weighted by atomic mass is 35.5. The molecule has 3 heterocycles. The number of likely N-dealkylation sites (N-methyl/N-ethyl adjacent to an activating group) is 1. The summed E-state index contributed by atoms with van der Waals surface area (Å²) in [4.78, 5) is 35.1. The number of benzene rings is 2. The third kappa shape index (κ3) is 6.34. The molecule has 0 aliphatic carbocycles. The first-order valence-corrected chi connectivity index (χ1v) is 14.6. The van der Waals surface area contributed by atoms with Crippen LogP contribution >= 0.6 is 23.2 Å². The molecule has 0 bridgehead atoms. The Balaban J connectivity index is 1.43. The number of ketones is 1. The lowest BCUT2D eigenvalue weighted by Gasteiger charge is -2.35. The molecule has 1 fully saturated rings. The number of anilines is 2. The van der Waals surface area contributed by atoms with E-state index in [1.807, 2.05) is 18.2 Å². The van der Waals surface area contributed by atoms with E-state index in [2.05, 4.69) is 39.7 Å². The molecule has 1 aliphatic rings. The minimum atomic E-state index is -0.519. The van der Waals surface area contributed by atoms with E-state index in [0.29, 0.717) is 23.1 Å². The number of fused-ring (bicyclic) bond motifs is 1. The molecule has 1 aliphatic heterocycles. The monoisotopic (exact) mass is 622 g/mol. The summed E-state index contributed by atoms with van der Waals surface area (Å²) < 4.78 is 16.4. The van der Waals surface area contributed by atoms with Crippen LogP contribution in [-0.2, 0) is 11.2 Å². The van der Waals surface area contributed by atoms with E-state index in [1.54, 1.807) is 12.3 Å². The molecule has 1 amide bonds. The van der Waals surface area contributed by atoms with E-state index in [9.17, 15) is 9.59 Å². The quantitative estimate of drug-likeness (QED) is 0.164. The molecule has 11 heteroatoms. The third-order valence-corrected chi connectivity index (χ3v) is 8.33. The van der Waals surface area contributed by atoms with Gasteiger partial charge in [-0.15, -0.1) is 0 Å². The Morgan fingerprint density at radius 1 is 1.05 bits per heavy atom. The first-order chi connectivity index (χ1) is 20.8. The fraction of sp³-hybridized carbons (Fsp3) is 0.281. The van der Waals surface area contributed by atoms with Gasteiger partial charge in [0.05, 0.1) is 36.0 Å². The Morgan fingerprint density at radius 3 is 2.37 bits per heavy atom. The molecule has 0 radical (unpaired) electrons. The van der Waals surface area contributed by atoms with Crippen LogP contribution in [0, 0.1) is 0 Å². The van der Waals surface area contributed by atoms with Crippen molar-refractivity contribution >= 4 is 57.2 Å². The molecule has 43 heavy (non-hydrogen) atoms. The molecule has 1 saturated heterocycles. The van der Waals surface area contributed by atoms with Gasteiger partial charge >= 0.3 is 0 Å². The number of rotatable bonds is 10. The first-order valence-electron chi connectivity index (χ1n) is 13.8. The van der Waals surface area contributed by atoms with Crippen molar-refractivity contribution in [1.82, 2.24) is 9.88 Å². The molecule has 0 spiro atoms. The van der Waals surface area contributed by atoms with Gasteiger partial charge in [-0.25, -0.2) is 0 Å². The van der Waals surface area contributed by atoms with Gasteiger partial charge in [-0.3, -0.25) is 14.6 Å². The molecular weight excluding hydrogens is 591 g/mol. The highest BCUT2D eigenvalue weighted by molar-refractivity contribution is 6.42. The zero-order chi connectivity index (χ0) is 30.7. The summed E-state index contributed by atoms with van der Waals surface area (Å²) in [6, 6.07) is 11.1. The Hall–Kier alpha value is -4.05. The van der Waals surface area contributed by atoms with Crippen molar-refractivity contribution < 1.29 is 23.5 Å². The average Bonchev–Trinajstić information content (AvgIpc) is 3.45. The molecule has 2 aromatic carbocycles. The van der Waals surface area contributed by atoms with Crippen molar-refractivity contribution in [3.8, 4) is 11.5 Å². The van der Waals surface area contributed by atoms with E-state index in [4.69, 9.17) is 37.1 Å². The normalized spacial score (nSPS) is 13.7. The molecular formula is C32H32Cl2N4O5. The fourth-order valence-corrected chi connectivity index (χ4v) is 5.81. The van der Waals surface area contributed by atoms with Crippen LogP contribution in [0.25, 0.3) is 11.0 Å². The molecule has 0 saturated carbocycles. The zero-order valence-corrected chi connectivity index (χ0v) is 25.7. The van der Waals surface area contributed by atoms with E-state index < -0.39 is 5.78 Å². The summed E-state index contributed by atoms with van der Waals surface area (Å²) in [6.45, 7) is 10.6. The highest BCUT2D eigenvalue weighted by Crippen LogP contribution is 2.41. The maximum atomic E-state index is 13.5. The number of methoxy groups -OCH3 is 2. The highest BCUT2D eigenvalue weighted by Gasteiger charge is 2.26. The van der Waals surface area contributed by atoms with Crippen LogP contribution in [-0.4, -0.2) is 68.5 Å².